The van der Waals surface area contributed by atoms with Gasteiger partial charge in [-0.15, -0.1) is 11.3 Å². The Labute approximate surface area is 96.7 Å². The van der Waals surface area contributed by atoms with E-state index in [2.05, 4.69) is 58.6 Å². The Morgan fingerprint density at radius 2 is 1.86 bits per heavy atom. The third-order valence-electron chi connectivity index (χ3n) is 2.17. The number of thiophene rings is 1. The van der Waals surface area contributed by atoms with Gasteiger partial charge in [0.25, 0.3) is 0 Å². The van der Waals surface area contributed by atoms with Gasteiger partial charge in [0.05, 0.1) is 0 Å². The van der Waals surface area contributed by atoms with Crippen molar-refractivity contribution in [3.63, 3.8) is 0 Å². The lowest BCUT2D eigenvalue weighted by Crippen LogP contribution is -1.74. The van der Waals surface area contributed by atoms with E-state index in [-0.39, 0.29) is 0 Å². The van der Waals surface area contributed by atoms with Crippen LogP contribution in [-0.4, -0.2) is 0 Å². The van der Waals surface area contributed by atoms with E-state index in [0.717, 1.165) is 5.33 Å². The molecule has 1 aromatic carbocycles. The molecule has 0 radical (unpaired) electrons. The topological polar surface area (TPSA) is 0 Å². The standard InChI is InChI=1S/C12H11BrS/c1-9-2-4-10(5-3-9)11-6-12(7-13)14-8-11/h2-6,8H,7H2,1H3. The van der Waals surface area contributed by atoms with E-state index in [0.29, 0.717) is 0 Å². The van der Waals surface area contributed by atoms with Crippen LogP contribution < -0.4 is 0 Å². The van der Waals surface area contributed by atoms with Crippen molar-refractivity contribution in [3.8, 4) is 11.1 Å². The Kier molecular flexibility index (Phi) is 3.04. The lowest BCUT2D eigenvalue weighted by Gasteiger charge is -1.97. The molecule has 0 saturated carbocycles. The lowest BCUT2D eigenvalue weighted by atomic mass is 10.1. The highest BCUT2D eigenvalue weighted by molar-refractivity contribution is 9.08. The van der Waals surface area contributed by atoms with Crippen LogP contribution in [0.4, 0.5) is 0 Å². The fourth-order valence-corrected chi connectivity index (χ4v) is 2.65. The Balaban J connectivity index is 2.34. The highest BCUT2D eigenvalue weighted by atomic mass is 79.9. The third-order valence-corrected chi connectivity index (χ3v) is 4.08. The SMILES string of the molecule is Cc1ccc(-c2csc(CBr)c2)cc1. The van der Waals surface area contributed by atoms with E-state index in [1.165, 1.54) is 21.6 Å². The van der Waals surface area contributed by atoms with Gasteiger partial charge >= 0.3 is 0 Å². The first-order chi connectivity index (χ1) is 6.79. The van der Waals surface area contributed by atoms with Crippen LogP contribution in [0.5, 0.6) is 0 Å². The Morgan fingerprint density at radius 3 is 2.43 bits per heavy atom. The summed E-state index contributed by atoms with van der Waals surface area (Å²) in [6.07, 6.45) is 0. The molecule has 0 spiro atoms. The molecule has 1 aromatic heterocycles. The maximum Gasteiger partial charge on any atom is 0.0377 e. The second kappa shape index (κ2) is 4.28. The van der Waals surface area contributed by atoms with Gasteiger partial charge in [-0.25, -0.2) is 0 Å². The maximum absolute atomic E-state index is 3.47. The maximum atomic E-state index is 3.47. The van der Waals surface area contributed by atoms with Gasteiger partial charge in [0, 0.05) is 10.2 Å². The lowest BCUT2D eigenvalue weighted by molar-refractivity contribution is 1.47. The molecule has 1 heterocycles. The zero-order valence-corrected chi connectivity index (χ0v) is 10.4. The molecule has 0 unspecified atom stereocenters. The predicted octanol–water partition coefficient (Wildman–Crippen LogP) is 4.62. The second-order valence-electron chi connectivity index (χ2n) is 3.30. The molecule has 2 rings (SSSR count). The summed E-state index contributed by atoms with van der Waals surface area (Å²) in [5, 5.41) is 3.16. The number of aryl methyl sites for hydroxylation is 1. The van der Waals surface area contributed by atoms with E-state index in [1.807, 2.05) is 0 Å². The predicted molar refractivity (Wildman–Crippen MR) is 67.1 cm³/mol. The van der Waals surface area contributed by atoms with Crippen molar-refractivity contribution in [1.82, 2.24) is 0 Å². The molecule has 0 bridgehead atoms. The Hall–Kier alpha value is -0.600. The van der Waals surface area contributed by atoms with E-state index >= 15 is 0 Å². The summed E-state index contributed by atoms with van der Waals surface area (Å²) in [5.41, 5.74) is 3.94. The molecule has 0 aliphatic carbocycles. The first kappa shape index (κ1) is 9.94. The molecule has 0 aliphatic heterocycles. The molecule has 2 aromatic rings. The number of rotatable bonds is 2. The first-order valence-corrected chi connectivity index (χ1v) is 6.50. The number of benzene rings is 1. The van der Waals surface area contributed by atoms with Crippen LogP contribution in [0.2, 0.25) is 0 Å². The van der Waals surface area contributed by atoms with Gasteiger partial charge in [-0.2, -0.15) is 0 Å². The van der Waals surface area contributed by atoms with Crippen molar-refractivity contribution in [3.05, 3.63) is 46.2 Å². The van der Waals surface area contributed by atoms with Crippen molar-refractivity contribution in [1.29, 1.82) is 0 Å². The Morgan fingerprint density at radius 1 is 1.14 bits per heavy atom. The van der Waals surface area contributed by atoms with Gasteiger partial charge < -0.3 is 0 Å². The molecule has 0 N–H and O–H groups in total. The third kappa shape index (κ3) is 2.07. The molecular formula is C12H11BrS. The zero-order chi connectivity index (χ0) is 9.97. The van der Waals surface area contributed by atoms with Crippen LogP contribution in [0.25, 0.3) is 11.1 Å². The summed E-state index contributed by atoms with van der Waals surface area (Å²) in [7, 11) is 0. The number of hydrogen-bond donors (Lipinski definition) is 0. The largest absolute Gasteiger partial charge is 0.147 e. The van der Waals surface area contributed by atoms with E-state index < -0.39 is 0 Å². The highest BCUT2D eigenvalue weighted by Gasteiger charge is 2.00. The smallest absolute Gasteiger partial charge is 0.0377 e. The van der Waals surface area contributed by atoms with Gasteiger partial charge in [0.15, 0.2) is 0 Å². The normalized spacial score (nSPS) is 10.4. The minimum atomic E-state index is 0.948. The van der Waals surface area contributed by atoms with Crippen LogP contribution in [0.1, 0.15) is 10.4 Å². The highest BCUT2D eigenvalue weighted by Crippen LogP contribution is 2.26. The summed E-state index contributed by atoms with van der Waals surface area (Å²) in [5.74, 6) is 0. The molecule has 0 aliphatic rings. The monoisotopic (exact) mass is 266 g/mol. The van der Waals surface area contributed by atoms with Crippen molar-refractivity contribution >= 4 is 27.3 Å². The molecule has 0 nitrogen and oxygen atoms in total. The molecule has 0 amide bonds. The van der Waals surface area contributed by atoms with E-state index in [1.54, 1.807) is 11.3 Å². The molecule has 0 saturated heterocycles. The van der Waals surface area contributed by atoms with Gasteiger partial charge in [0.2, 0.25) is 0 Å². The molecule has 14 heavy (non-hydrogen) atoms. The fraction of sp³-hybridized carbons (Fsp3) is 0.167. The second-order valence-corrected chi connectivity index (χ2v) is 4.86. The molecule has 0 atom stereocenters. The van der Waals surface area contributed by atoms with Crippen LogP contribution in [0.3, 0.4) is 0 Å². The molecular weight excluding hydrogens is 256 g/mol. The van der Waals surface area contributed by atoms with Gasteiger partial charge in [-0.05, 0) is 29.5 Å². The van der Waals surface area contributed by atoms with Crippen molar-refractivity contribution < 1.29 is 0 Å². The summed E-state index contributed by atoms with van der Waals surface area (Å²) >= 11 is 5.27. The average Bonchev–Trinajstić information content (AvgIpc) is 2.67. The van der Waals surface area contributed by atoms with Crippen molar-refractivity contribution in [2.75, 3.05) is 0 Å². The van der Waals surface area contributed by atoms with Crippen LogP contribution >= 0.6 is 27.3 Å². The van der Waals surface area contributed by atoms with Crippen LogP contribution in [0.15, 0.2) is 35.7 Å². The summed E-state index contributed by atoms with van der Waals surface area (Å²) < 4.78 is 0. The minimum absolute atomic E-state index is 0.948. The number of hydrogen-bond acceptors (Lipinski definition) is 1. The molecule has 72 valence electrons. The van der Waals surface area contributed by atoms with Gasteiger partial charge in [-0.3, -0.25) is 0 Å². The van der Waals surface area contributed by atoms with Crippen molar-refractivity contribution in [2.45, 2.75) is 12.3 Å². The average molecular weight is 267 g/mol. The Bertz CT molecular complexity index is 414. The molecule has 0 fully saturated rings. The molecule has 2 heteroatoms. The van der Waals surface area contributed by atoms with Crippen molar-refractivity contribution in [2.24, 2.45) is 0 Å². The van der Waals surface area contributed by atoms with Gasteiger partial charge in [-0.1, -0.05) is 45.8 Å². The number of halogens is 1. The quantitative estimate of drug-likeness (QED) is 0.696. The van der Waals surface area contributed by atoms with Gasteiger partial charge in [0.1, 0.15) is 0 Å². The minimum Gasteiger partial charge on any atom is -0.147 e. The summed E-state index contributed by atoms with van der Waals surface area (Å²) in [6.45, 7) is 2.11. The first-order valence-electron chi connectivity index (χ1n) is 4.50. The number of alkyl halides is 1. The van der Waals surface area contributed by atoms with E-state index in [4.69, 9.17) is 0 Å². The summed E-state index contributed by atoms with van der Waals surface area (Å²) in [4.78, 5) is 1.38. The fourth-order valence-electron chi connectivity index (χ4n) is 1.35. The zero-order valence-electron chi connectivity index (χ0n) is 7.96. The summed E-state index contributed by atoms with van der Waals surface area (Å²) in [6, 6.07) is 10.9. The van der Waals surface area contributed by atoms with E-state index in [9.17, 15) is 0 Å². The van der Waals surface area contributed by atoms with Crippen LogP contribution in [0, 0.1) is 6.92 Å². The van der Waals surface area contributed by atoms with Crippen LogP contribution in [-0.2, 0) is 5.33 Å².